The van der Waals surface area contributed by atoms with Gasteiger partial charge in [-0.05, 0) is 37.0 Å². The van der Waals surface area contributed by atoms with Crippen molar-refractivity contribution in [3.63, 3.8) is 0 Å². The first-order valence-corrected chi connectivity index (χ1v) is 11.5. The van der Waals surface area contributed by atoms with Crippen molar-refractivity contribution in [2.24, 2.45) is 0 Å². The van der Waals surface area contributed by atoms with E-state index < -0.39 is 0 Å². The number of aromatic nitrogens is 1. The molecule has 0 fully saturated rings. The molecule has 1 aromatic heterocycles. The number of nitrogens with one attached hydrogen (secondary N) is 1. The van der Waals surface area contributed by atoms with Gasteiger partial charge < -0.3 is 19.7 Å². The van der Waals surface area contributed by atoms with E-state index in [2.05, 4.69) is 24.4 Å². The molecule has 0 unspecified atom stereocenters. The van der Waals surface area contributed by atoms with Gasteiger partial charge in [-0.1, -0.05) is 30.3 Å². The third kappa shape index (κ3) is 4.93. The Labute approximate surface area is 189 Å². The van der Waals surface area contributed by atoms with Gasteiger partial charge in [0.2, 0.25) is 0 Å². The normalized spacial score (nSPS) is 17.3. The van der Waals surface area contributed by atoms with Crippen molar-refractivity contribution in [2.45, 2.75) is 58.8 Å². The minimum atomic E-state index is -0.227. The number of benzene rings is 1. The van der Waals surface area contributed by atoms with Crippen molar-refractivity contribution >= 4 is 12.0 Å². The predicted octanol–water partition coefficient (Wildman–Crippen LogP) is 3.62. The van der Waals surface area contributed by atoms with Crippen LogP contribution in [0.3, 0.4) is 0 Å². The Morgan fingerprint density at radius 2 is 2.03 bits per heavy atom. The van der Waals surface area contributed by atoms with Crippen molar-refractivity contribution in [1.82, 2.24) is 15.2 Å². The van der Waals surface area contributed by atoms with Crippen molar-refractivity contribution in [3.8, 4) is 11.3 Å². The summed E-state index contributed by atoms with van der Waals surface area (Å²) >= 11 is 0. The number of carbonyl (C=O) groups is 2. The number of nitrogens with zero attached hydrogens (tertiary/aromatic N) is 2. The molecule has 0 saturated heterocycles. The van der Waals surface area contributed by atoms with Crippen LogP contribution in [-0.2, 0) is 40.3 Å². The molecule has 32 heavy (non-hydrogen) atoms. The van der Waals surface area contributed by atoms with Crippen LogP contribution in [-0.4, -0.2) is 47.7 Å². The molecule has 170 valence electrons. The number of carbonyl (C=O) groups excluding carboxylic acids is 2. The minimum absolute atomic E-state index is 0.106. The minimum Gasteiger partial charge on any atom is -0.466 e. The first-order valence-electron chi connectivity index (χ1n) is 11.5. The summed E-state index contributed by atoms with van der Waals surface area (Å²) < 4.78 is 10.9. The molecule has 1 atom stereocenters. The molecule has 0 aliphatic carbocycles. The lowest BCUT2D eigenvalue weighted by molar-refractivity contribution is -0.143. The van der Waals surface area contributed by atoms with Gasteiger partial charge in [0.25, 0.3) is 0 Å². The van der Waals surface area contributed by atoms with Gasteiger partial charge in [-0.3, -0.25) is 9.78 Å². The molecule has 2 aliphatic rings. The van der Waals surface area contributed by atoms with Crippen LogP contribution in [0.15, 0.2) is 30.3 Å². The Morgan fingerprint density at radius 1 is 1.22 bits per heavy atom. The van der Waals surface area contributed by atoms with Crippen LogP contribution in [0.1, 0.15) is 49.1 Å². The molecule has 2 amide bonds. The Bertz CT molecular complexity index is 977. The highest BCUT2D eigenvalue weighted by molar-refractivity contribution is 5.75. The zero-order chi connectivity index (χ0) is 22.5. The number of ether oxygens (including phenoxy) is 2. The highest BCUT2D eigenvalue weighted by Crippen LogP contribution is 2.35. The molecule has 0 bridgehead atoms. The molecule has 2 aromatic rings. The smallest absolute Gasteiger partial charge is 0.317 e. The lowest BCUT2D eigenvalue weighted by atomic mass is 9.88. The van der Waals surface area contributed by atoms with Gasteiger partial charge in [0.1, 0.15) is 0 Å². The topological polar surface area (TPSA) is 80.8 Å². The van der Waals surface area contributed by atoms with Crippen LogP contribution >= 0.6 is 0 Å². The Morgan fingerprint density at radius 3 is 2.81 bits per heavy atom. The maximum absolute atomic E-state index is 12.7. The van der Waals surface area contributed by atoms with Crippen molar-refractivity contribution in [3.05, 3.63) is 52.7 Å². The standard InChI is InChI=1S/C25H31N3O4/c1-3-31-23(29)10-7-12-26-25(30)28-13-11-22-20(15-28)21-16-32-17(2)14-19(21)24(27-22)18-8-5-4-6-9-18/h4-6,8-9,17H,3,7,10-16H2,1-2H3,(H,26,30)/t17-/m0/s1. The second-order valence-electron chi connectivity index (χ2n) is 8.35. The average Bonchev–Trinajstić information content (AvgIpc) is 2.81. The van der Waals surface area contributed by atoms with Crippen LogP contribution in [0.25, 0.3) is 11.3 Å². The summed E-state index contributed by atoms with van der Waals surface area (Å²) in [5.74, 6) is -0.227. The number of hydrogen-bond acceptors (Lipinski definition) is 5. The van der Waals surface area contributed by atoms with Gasteiger partial charge in [0.05, 0.1) is 25.0 Å². The number of fused-ring (bicyclic) bond motifs is 3. The molecular formula is C25H31N3O4. The number of rotatable bonds is 6. The fourth-order valence-corrected chi connectivity index (χ4v) is 4.42. The van der Waals surface area contributed by atoms with Crippen molar-refractivity contribution in [2.75, 3.05) is 19.7 Å². The molecule has 2 aliphatic heterocycles. The molecule has 1 N–H and O–H groups in total. The van der Waals surface area contributed by atoms with Crippen LogP contribution in [0.4, 0.5) is 4.79 Å². The molecule has 0 saturated carbocycles. The summed E-state index contributed by atoms with van der Waals surface area (Å²) in [7, 11) is 0. The van der Waals surface area contributed by atoms with E-state index in [0.29, 0.717) is 52.1 Å². The number of urea groups is 1. The van der Waals surface area contributed by atoms with Gasteiger partial charge in [-0.15, -0.1) is 0 Å². The lowest BCUT2D eigenvalue weighted by Crippen LogP contribution is -2.44. The Balaban J connectivity index is 1.49. The summed E-state index contributed by atoms with van der Waals surface area (Å²) in [4.78, 5) is 31.1. The SMILES string of the molecule is CCOC(=O)CCCNC(=O)N1CCc2nc(-c3ccccc3)c3c(c2C1)CO[C@@H](C)C3. The van der Waals surface area contributed by atoms with Crippen LogP contribution < -0.4 is 5.32 Å². The maximum atomic E-state index is 12.7. The van der Waals surface area contributed by atoms with Gasteiger partial charge in [-0.25, -0.2) is 4.79 Å². The van der Waals surface area contributed by atoms with Gasteiger partial charge in [-0.2, -0.15) is 0 Å². The van der Waals surface area contributed by atoms with E-state index in [9.17, 15) is 9.59 Å². The fraction of sp³-hybridized carbons (Fsp3) is 0.480. The summed E-state index contributed by atoms with van der Waals surface area (Å²) in [6.07, 6.45) is 2.56. The van der Waals surface area contributed by atoms with Crippen molar-refractivity contribution in [1.29, 1.82) is 0 Å². The highest BCUT2D eigenvalue weighted by Gasteiger charge is 2.30. The second kappa shape index (κ2) is 10.1. The largest absolute Gasteiger partial charge is 0.466 e. The van der Waals surface area contributed by atoms with E-state index in [-0.39, 0.29) is 18.1 Å². The van der Waals surface area contributed by atoms with E-state index in [0.717, 1.165) is 28.9 Å². The molecular weight excluding hydrogens is 406 g/mol. The molecule has 0 spiro atoms. The molecule has 1 aromatic carbocycles. The number of esters is 1. The third-order valence-electron chi connectivity index (χ3n) is 6.05. The van der Waals surface area contributed by atoms with Gasteiger partial charge >= 0.3 is 12.0 Å². The quantitative estimate of drug-likeness (QED) is 0.551. The third-order valence-corrected chi connectivity index (χ3v) is 6.05. The Hall–Kier alpha value is -2.93. The lowest BCUT2D eigenvalue weighted by Gasteiger charge is -2.34. The number of hydrogen-bond donors (Lipinski definition) is 1. The number of pyridine rings is 1. The monoisotopic (exact) mass is 437 g/mol. The summed E-state index contributed by atoms with van der Waals surface area (Å²) in [6.45, 7) is 6.41. The summed E-state index contributed by atoms with van der Waals surface area (Å²) in [5.41, 5.74) is 6.79. The first kappa shape index (κ1) is 22.3. The van der Waals surface area contributed by atoms with E-state index in [4.69, 9.17) is 14.5 Å². The summed E-state index contributed by atoms with van der Waals surface area (Å²) in [5, 5.41) is 2.93. The summed E-state index contributed by atoms with van der Waals surface area (Å²) in [6, 6.07) is 10.2. The average molecular weight is 438 g/mol. The zero-order valence-corrected chi connectivity index (χ0v) is 18.9. The maximum Gasteiger partial charge on any atom is 0.317 e. The first-order chi connectivity index (χ1) is 15.6. The van der Waals surface area contributed by atoms with Crippen LogP contribution in [0, 0.1) is 0 Å². The fourth-order valence-electron chi connectivity index (χ4n) is 4.42. The van der Waals surface area contributed by atoms with Crippen LogP contribution in [0.2, 0.25) is 0 Å². The van der Waals surface area contributed by atoms with E-state index in [1.165, 1.54) is 11.1 Å². The van der Waals surface area contributed by atoms with E-state index >= 15 is 0 Å². The Kier molecular flexibility index (Phi) is 7.05. The van der Waals surface area contributed by atoms with Gasteiger partial charge in [0, 0.05) is 50.2 Å². The van der Waals surface area contributed by atoms with Gasteiger partial charge in [0.15, 0.2) is 0 Å². The molecule has 4 rings (SSSR count). The van der Waals surface area contributed by atoms with Crippen LogP contribution in [0.5, 0.6) is 0 Å². The van der Waals surface area contributed by atoms with Crippen molar-refractivity contribution < 1.29 is 19.1 Å². The number of amides is 2. The zero-order valence-electron chi connectivity index (χ0n) is 18.9. The highest BCUT2D eigenvalue weighted by atomic mass is 16.5. The molecule has 3 heterocycles. The molecule has 7 heteroatoms. The van der Waals surface area contributed by atoms with E-state index in [1.807, 2.05) is 23.1 Å². The van der Waals surface area contributed by atoms with E-state index in [1.54, 1.807) is 6.92 Å². The molecule has 0 radical (unpaired) electrons. The molecule has 7 nitrogen and oxygen atoms in total. The predicted molar refractivity (Wildman–Crippen MR) is 121 cm³/mol. The second-order valence-corrected chi connectivity index (χ2v) is 8.35.